The van der Waals surface area contributed by atoms with Crippen molar-refractivity contribution in [1.82, 2.24) is 0 Å². The first-order valence-electron chi connectivity index (χ1n) is 6.24. The molecule has 2 N–H and O–H groups in total. The lowest BCUT2D eigenvalue weighted by Gasteiger charge is -2.12. The van der Waals surface area contributed by atoms with E-state index in [0.29, 0.717) is 0 Å². The van der Waals surface area contributed by atoms with Gasteiger partial charge in [-0.1, -0.05) is 10.2 Å². The molecule has 2 unspecified atom stereocenters. The summed E-state index contributed by atoms with van der Waals surface area (Å²) in [6, 6.07) is 7.37. The molecule has 11 nitrogen and oxygen atoms in total. The summed E-state index contributed by atoms with van der Waals surface area (Å²) in [7, 11) is 0. The highest BCUT2D eigenvalue weighted by molar-refractivity contribution is 7.79. The number of nitrogens with zero attached hydrogens (tertiary/aromatic N) is 6. The van der Waals surface area contributed by atoms with Gasteiger partial charge in [0.2, 0.25) is 0 Å². The Morgan fingerprint density at radius 1 is 0.840 bits per heavy atom. The molecule has 25 heavy (non-hydrogen) atoms. The Morgan fingerprint density at radius 3 is 1.56 bits per heavy atom. The Morgan fingerprint density at radius 2 is 1.24 bits per heavy atom. The summed E-state index contributed by atoms with van der Waals surface area (Å²) in [5.74, 6) is -0.207. The number of hydrogen-bond donors (Lipinski definition) is 2. The third kappa shape index (κ3) is 4.55. The Kier molecular flexibility index (Phi) is 6.08. The van der Waals surface area contributed by atoms with Crippen LogP contribution in [-0.2, 0) is 22.2 Å². The first-order chi connectivity index (χ1) is 12.0. The average molecular weight is 380 g/mol. The number of hydrogen-bond acceptors (Lipinski definition) is 5. The highest BCUT2D eigenvalue weighted by atomic mass is 32.2. The van der Waals surface area contributed by atoms with Gasteiger partial charge in [-0.15, -0.1) is 0 Å². The lowest BCUT2D eigenvalue weighted by atomic mass is 10.2. The molecular formula is C12H8N6O5S2. The second-order valence-corrected chi connectivity index (χ2v) is 6.18. The van der Waals surface area contributed by atoms with Gasteiger partial charge in [0.05, 0.1) is 21.2 Å². The van der Waals surface area contributed by atoms with Crippen molar-refractivity contribution in [3.63, 3.8) is 0 Å². The van der Waals surface area contributed by atoms with Crippen molar-refractivity contribution in [3.05, 3.63) is 57.3 Å². The maximum absolute atomic E-state index is 11.2. The molecule has 2 aromatic carbocycles. The fraction of sp³-hybridized carbons (Fsp3) is 0. The minimum atomic E-state index is -2.32. The van der Waals surface area contributed by atoms with Crippen molar-refractivity contribution >= 4 is 33.5 Å². The second-order valence-electron chi connectivity index (χ2n) is 4.24. The predicted octanol–water partition coefficient (Wildman–Crippen LogP) is 4.52. The zero-order valence-electron chi connectivity index (χ0n) is 12.1. The highest BCUT2D eigenvalue weighted by Crippen LogP contribution is 2.38. The van der Waals surface area contributed by atoms with Crippen LogP contribution in [0.2, 0.25) is 0 Å². The predicted molar refractivity (Wildman–Crippen MR) is 88.6 cm³/mol. The van der Waals surface area contributed by atoms with Gasteiger partial charge in [0.15, 0.2) is 22.2 Å². The monoisotopic (exact) mass is 380 g/mol. The van der Waals surface area contributed by atoms with Crippen LogP contribution >= 0.6 is 0 Å². The van der Waals surface area contributed by atoms with Gasteiger partial charge in [-0.2, -0.15) is 0 Å². The number of rotatable bonds is 6. The fourth-order valence-electron chi connectivity index (χ4n) is 1.75. The molecule has 0 saturated heterocycles. The van der Waals surface area contributed by atoms with Crippen molar-refractivity contribution < 1.29 is 22.3 Å². The molecule has 0 aliphatic heterocycles. The Balaban J connectivity index is 2.60. The summed E-state index contributed by atoms with van der Waals surface area (Å²) in [6.45, 7) is 0. The lowest BCUT2D eigenvalue weighted by molar-refractivity contribution is 0.480. The zero-order valence-corrected chi connectivity index (χ0v) is 13.7. The molecule has 0 amide bonds. The SMILES string of the molecule is [N-]=[N+]=Nc1ccc(S(=O)O)cc1Oc1cc(S(=O)O)ccc1N=[N+]=[N-]. The van der Waals surface area contributed by atoms with Crippen LogP contribution in [0.5, 0.6) is 11.5 Å². The van der Waals surface area contributed by atoms with E-state index in [1.54, 1.807) is 0 Å². The summed E-state index contributed by atoms with van der Waals surface area (Å²) >= 11 is -4.63. The minimum Gasteiger partial charge on any atom is -0.456 e. The van der Waals surface area contributed by atoms with Gasteiger partial charge in [-0.25, -0.2) is 8.42 Å². The molecule has 0 heterocycles. The van der Waals surface area contributed by atoms with E-state index >= 15 is 0 Å². The van der Waals surface area contributed by atoms with Gasteiger partial charge in [-0.3, -0.25) is 0 Å². The molecule has 0 aromatic heterocycles. The molecule has 0 saturated carbocycles. The minimum absolute atomic E-state index is 0.000823. The van der Waals surface area contributed by atoms with Gasteiger partial charge in [0.25, 0.3) is 0 Å². The summed E-state index contributed by atoms with van der Waals surface area (Å²) < 4.78 is 46.2. The molecule has 0 aliphatic rings. The van der Waals surface area contributed by atoms with Crippen molar-refractivity contribution in [2.24, 2.45) is 10.2 Å². The van der Waals surface area contributed by atoms with Crippen LogP contribution in [-0.4, -0.2) is 17.5 Å². The van der Waals surface area contributed by atoms with Crippen molar-refractivity contribution in [2.75, 3.05) is 0 Å². The molecule has 13 heteroatoms. The summed E-state index contributed by atoms with van der Waals surface area (Å²) in [5.41, 5.74) is 17.2. The Hall–Kier alpha value is -2.92. The van der Waals surface area contributed by atoms with Crippen molar-refractivity contribution in [2.45, 2.75) is 9.79 Å². The maximum Gasteiger partial charge on any atom is 0.186 e. The molecular weight excluding hydrogens is 372 g/mol. The van der Waals surface area contributed by atoms with Crippen LogP contribution in [0.15, 0.2) is 56.4 Å². The van der Waals surface area contributed by atoms with E-state index in [1.165, 1.54) is 24.3 Å². The molecule has 2 rings (SSSR count). The molecule has 2 atom stereocenters. The fourth-order valence-corrected chi connectivity index (χ4v) is 2.53. The number of benzene rings is 2. The van der Waals surface area contributed by atoms with E-state index in [-0.39, 0.29) is 32.7 Å². The van der Waals surface area contributed by atoms with Crippen LogP contribution in [0.3, 0.4) is 0 Å². The van der Waals surface area contributed by atoms with E-state index in [1.807, 2.05) is 0 Å². The van der Waals surface area contributed by atoms with E-state index in [9.17, 15) is 8.42 Å². The molecule has 0 spiro atoms. The standard InChI is InChI=1S/C12H8N6O5S2/c13-17-15-9-3-1-7(24(19)20)5-11(9)23-12-6-8(25(21)22)2-4-10(12)16-18-14/h1-6H,(H,19,20)(H,21,22). The first kappa shape index (κ1) is 18.4. The molecule has 0 radical (unpaired) electrons. The molecule has 0 bridgehead atoms. The van der Waals surface area contributed by atoms with Crippen molar-refractivity contribution in [1.29, 1.82) is 0 Å². The Labute approximate surface area is 145 Å². The van der Waals surface area contributed by atoms with Gasteiger partial charge in [-0.05, 0) is 47.5 Å². The molecule has 0 aliphatic carbocycles. The van der Waals surface area contributed by atoms with Crippen LogP contribution in [0.25, 0.3) is 20.9 Å². The van der Waals surface area contributed by atoms with Gasteiger partial charge in [0.1, 0.15) is 11.5 Å². The Bertz CT molecular complexity index is 891. The maximum atomic E-state index is 11.2. The van der Waals surface area contributed by atoms with E-state index < -0.39 is 22.2 Å². The highest BCUT2D eigenvalue weighted by Gasteiger charge is 2.13. The quantitative estimate of drug-likeness (QED) is 0.322. The van der Waals surface area contributed by atoms with E-state index in [0.717, 1.165) is 12.1 Å². The van der Waals surface area contributed by atoms with Crippen LogP contribution in [0.4, 0.5) is 11.4 Å². The van der Waals surface area contributed by atoms with E-state index in [2.05, 4.69) is 20.1 Å². The lowest BCUT2D eigenvalue weighted by Crippen LogP contribution is -1.93. The summed E-state index contributed by atoms with van der Waals surface area (Å²) in [4.78, 5) is 5.19. The summed E-state index contributed by atoms with van der Waals surface area (Å²) in [5, 5.41) is 6.80. The molecule has 0 fully saturated rings. The van der Waals surface area contributed by atoms with Crippen LogP contribution < -0.4 is 4.74 Å². The second kappa shape index (κ2) is 8.26. The van der Waals surface area contributed by atoms with Gasteiger partial charge >= 0.3 is 0 Å². The topological polar surface area (TPSA) is 181 Å². The van der Waals surface area contributed by atoms with Crippen LogP contribution in [0.1, 0.15) is 0 Å². The smallest absolute Gasteiger partial charge is 0.186 e. The largest absolute Gasteiger partial charge is 0.456 e. The number of azide groups is 2. The van der Waals surface area contributed by atoms with Gasteiger partial charge < -0.3 is 13.8 Å². The normalized spacial score (nSPS) is 12.4. The van der Waals surface area contributed by atoms with Crippen LogP contribution in [0, 0.1) is 0 Å². The van der Waals surface area contributed by atoms with E-state index in [4.69, 9.17) is 24.9 Å². The summed E-state index contributed by atoms with van der Waals surface area (Å²) in [6.07, 6.45) is 0. The molecule has 2 aromatic rings. The van der Waals surface area contributed by atoms with Gasteiger partial charge in [0, 0.05) is 9.82 Å². The number of ether oxygens (including phenoxy) is 1. The first-order valence-corrected chi connectivity index (χ1v) is 8.45. The van der Waals surface area contributed by atoms with Crippen molar-refractivity contribution in [3.8, 4) is 11.5 Å². The third-order valence-corrected chi connectivity index (χ3v) is 4.11. The average Bonchev–Trinajstić information content (AvgIpc) is 2.58. The zero-order chi connectivity index (χ0) is 18.4. The molecule has 128 valence electrons. The third-order valence-electron chi connectivity index (χ3n) is 2.79.